The predicted molar refractivity (Wildman–Crippen MR) is 99.2 cm³/mol. The molecule has 2 aliphatic carbocycles. The van der Waals surface area contributed by atoms with E-state index in [-0.39, 0.29) is 36.2 Å². The molecule has 27 heavy (non-hydrogen) atoms. The SMILES string of the molecule is Cc1nc2c([nH]1)CCCC2C(=O)NC1CC(NC(=O)Cc2occc2C)C1. The average Bonchev–Trinajstić information content (AvgIpc) is 3.17. The predicted octanol–water partition coefficient (Wildman–Crippen LogP) is 2.05. The largest absolute Gasteiger partial charge is 0.469 e. The summed E-state index contributed by atoms with van der Waals surface area (Å²) in [6.45, 7) is 3.86. The fourth-order valence-corrected chi connectivity index (χ4v) is 4.08. The number of aryl methyl sites for hydroxylation is 3. The zero-order chi connectivity index (χ0) is 19.0. The van der Waals surface area contributed by atoms with Gasteiger partial charge in [-0.2, -0.15) is 0 Å². The topological polar surface area (TPSA) is 100 Å². The number of nitrogens with zero attached hydrogens (tertiary/aromatic N) is 1. The van der Waals surface area contributed by atoms with Gasteiger partial charge in [-0.15, -0.1) is 0 Å². The Morgan fingerprint density at radius 1 is 1.26 bits per heavy atom. The number of imidazole rings is 1. The van der Waals surface area contributed by atoms with E-state index >= 15 is 0 Å². The number of hydrogen-bond donors (Lipinski definition) is 3. The molecule has 2 aromatic rings. The smallest absolute Gasteiger partial charge is 0.229 e. The van der Waals surface area contributed by atoms with Crippen LogP contribution in [0.5, 0.6) is 0 Å². The van der Waals surface area contributed by atoms with Crippen molar-refractivity contribution < 1.29 is 14.0 Å². The van der Waals surface area contributed by atoms with Crippen molar-refractivity contribution in [2.75, 3.05) is 0 Å². The lowest BCUT2D eigenvalue weighted by molar-refractivity contribution is -0.124. The van der Waals surface area contributed by atoms with Crippen LogP contribution in [0.1, 0.15) is 60.1 Å². The Morgan fingerprint density at radius 3 is 2.78 bits per heavy atom. The van der Waals surface area contributed by atoms with Crippen LogP contribution in [0.3, 0.4) is 0 Å². The summed E-state index contributed by atoms with van der Waals surface area (Å²) in [6.07, 6.45) is 6.22. The van der Waals surface area contributed by atoms with Gasteiger partial charge in [0.15, 0.2) is 0 Å². The van der Waals surface area contributed by atoms with Crippen LogP contribution in [0.25, 0.3) is 0 Å². The number of aromatic nitrogens is 2. The molecule has 0 saturated heterocycles. The fourth-order valence-electron chi connectivity index (χ4n) is 4.08. The molecule has 4 rings (SSSR count). The quantitative estimate of drug-likeness (QED) is 0.750. The lowest BCUT2D eigenvalue weighted by Crippen LogP contribution is -2.54. The second kappa shape index (κ2) is 7.21. The second-order valence-electron chi connectivity index (χ2n) is 7.78. The zero-order valence-corrected chi connectivity index (χ0v) is 15.8. The molecule has 0 radical (unpaired) electrons. The number of carbonyl (C=O) groups excluding carboxylic acids is 2. The van der Waals surface area contributed by atoms with Crippen LogP contribution in [0.15, 0.2) is 16.7 Å². The Kier molecular flexibility index (Phi) is 4.76. The van der Waals surface area contributed by atoms with Crippen LogP contribution in [0.2, 0.25) is 0 Å². The Morgan fingerprint density at radius 2 is 2.04 bits per heavy atom. The van der Waals surface area contributed by atoms with Crippen LogP contribution in [0, 0.1) is 13.8 Å². The van der Waals surface area contributed by atoms with Crippen LogP contribution in [0.4, 0.5) is 0 Å². The Balaban J connectivity index is 1.24. The van der Waals surface area contributed by atoms with Crippen molar-refractivity contribution in [1.29, 1.82) is 0 Å². The molecule has 7 heteroatoms. The monoisotopic (exact) mass is 370 g/mol. The summed E-state index contributed by atoms with van der Waals surface area (Å²) in [5.41, 5.74) is 3.00. The molecule has 0 bridgehead atoms. The fraction of sp³-hybridized carbons (Fsp3) is 0.550. The van der Waals surface area contributed by atoms with Gasteiger partial charge in [0.1, 0.15) is 11.6 Å². The Hall–Kier alpha value is -2.57. The van der Waals surface area contributed by atoms with E-state index < -0.39 is 0 Å². The molecule has 0 aliphatic heterocycles. The van der Waals surface area contributed by atoms with Crippen molar-refractivity contribution in [2.45, 2.75) is 70.4 Å². The molecule has 1 fully saturated rings. The summed E-state index contributed by atoms with van der Waals surface area (Å²) in [6, 6.07) is 2.10. The number of nitrogens with one attached hydrogen (secondary N) is 3. The van der Waals surface area contributed by atoms with Gasteiger partial charge in [-0.25, -0.2) is 4.98 Å². The summed E-state index contributed by atoms with van der Waals surface area (Å²) in [5, 5.41) is 6.15. The van der Waals surface area contributed by atoms with E-state index in [9.17, 15) is 9.59 Å². The van der Waals surface area contributed by atoms with Gasteiger partial charge in [-0.05, 0) is 57.6 Å². The minimum absolute atomic E-state index is 0.0354. The Bertz CT molecular complexity index is 847. The zero-order valence-electron chi connectivity index (χ0n) is 15.8. The van der Waals surface area contributed by atoms with E-state index in [1.165, 1.54) is 0 Å². The molecular formula is C20H26N4O3. The highest BCUT2D eigenvalue weighted by Crippen LogP contribution is 2.31. The lowest BCUT2D eigenvalue weighted by Gasteiger charge is -2.37. The van der Waals surface area contributed by atoms with Gasteiger partial charge in [0.05, 0.1) is 24.3 Å². The molecule has 144 valence electrons. The third kappa shape index (κ3) is 3.77. The summed E-state index contributed by atoms with van der Waals surface area (Å²) >= 11 is 0. The van der Waals surface area contributed by atoms with Gasteiger partial charge < -0.3 is 20.0 Å². The van der Waals surface area contributed by atoms with Crippen molar-refractivity contribution in [3.8, 4) is 0 Å². The number of hydrogen-bond acceptors (Lipinski definition) is 4. The first-order valence-electron chi connectivity index (χ1n) is 9.67. The standard InChI is InChI=1S/C20H26N4O3/c1-11-6-7-27-17(11)10-18(25)23-13-8-14(9-13)24-20(26)15-4-3-5-16-19(15)22-12(2)21-16/h6-7,13-15H,3-5,8-10H2,1-2H3,(H,21,22)(H,23,25)(H,24,26). The van der Waals surface area contributed by atoms with Crippen molar-refractivity contribution in [3.05, 3.63) is 40.9 Å². The molecule has 2 aromatic heterocycles. The summed E-state index contributed by atoms with van der Waals surface area (Å²) in [7, 11) is 0. The number of rotatable bonds is 5. The Labute approximate surface area is 158 Å². The molecule has 2 aliphatic rings. The normalized spacial score (nSPS) is 24.0. The van der Waals surface area contributed by atoms with Crippen LogP contribution in [-0.4, -0.2) is 33.9 Å². The van der Waals surface area contributed by atoms with Crippen molar-refractivity contribution >= 4 is 11.8 Å². The number of amides is 2. The van der Waals surface area contributed by atoms with Gasteiger partial charge in [-0.3, -0.25) is 9.59 Å². The number of H-pyrrole nitrogens is 1. The first kappa shape index (κ1) is 17.8. The lowest BCUT2D eigenvalue weighted by atomic mass is 9.84. The van der Waals surface area contributed by atoms with Gasteiger partial charge in [-0.1, -0.05) is 0 Å². The summed E-state index contributed by atoms with van der Waals surface area (Å²) in [4.78, 5) is 32.6. The maximum Gasteiger partial charge on any atom is 0.229 e. The van der Waals surface area contributed by atoms with Crippen LogP contribution in [-0.2, 0) is 22.4 Å². The first-order valence-corrected chi connectivity index (χ1v) is 9.67. The van der Waals surface area contributed by atoms with E-state index in [4.69, 9.17) is 4.42 Å². The molecule has 0 aromatic carbocycles. The number of aromatic amines is 1. The highest BCUT2D eigenvalue weighted by Gasteiger charge is 2.35. The van der Waals surface area contributed by atoms with Gasteiger partial charge in [0, 0.05) is 17.8 Å². The highest BCUT2D eigenvalue weighted by molar-refractivity contribution is 5.84. The van der Waals surface area contributed by atoms with Crippen LogP contribution >= 0.6 is 0 Å². The number of carbonyl (C=O) groups is 2. The number of furan rings is 1. The van der Waals surface area contributed by atoms with Gasteiger partial charge in [0.2, 0.25) is 11.8 Å². The third-order valence-electron chi connectivity index (χ3n) is 5.63. The molecule has 1 saturated carbocycles. The molecule has 7 nitrogen and oxygen atoms in total. The van der Waals surface area contributed by atoms with Crippen LogP contribution < -0.4 is 10.6 Å². The minimum atomic E-state index is -0.158. The maximum atomic E-state index is 12.7. The van der Waals surface area contributed by atoms with E-state index in [1.54, 1.807) is 6.26 Å². The van der Waals surface area contributed by atoms with Crippen molar-refractivity contribution in [2.24, 2.45) is 0 Å². The van der Waals surface area contributed by atoms with E-state index in [0.717, 1.165) is 54.9 Å². The molecular weight excluding hydrogens is 344 g/mol. The van der Waals surface area contributed by atoms with E-state index in [0.29, 0.717) is 5.76 Å². The molecule has 2 heterocycles. The van der Waals surface area contributed by atoms with Crippen molar-refractivity contribution in [3.63, 3.8) is 0 Å². The molecule has 1 atom stereocenters. The number of fused-ring (bicyclic) bond motifs is 1. The summed E-state index contributed by atoms with van der Waals surface area (Å²) in [5.74, 6) is 1.45. The third-order valence-corrected chi connectivity index (χ3v) is 5.63. The molecule has 0 spiro atoms. The van der Waals surface area contributed by atoms with Crippen molar-refractivity contribution in [1.82, 2.24) is 20.6 Å². The molecule has 1 unspecified atom stereocenters. The first-order chi connectivity index (χ1) is 13.0. The average molecular weight is 370 g/mol. The van der Waals surface area contributed by atoms with E-state index in [1.807, 2.05) is 19.9 Å². The highest BCUT2D eigenvalue weighted by atomic mass is 16.3. The minimum Gasteiger partial charge on any atom is -0.469 e. The molecule has 2 amide bonds. The van der Waals surface area contributed by atoms with Gasteiger partial charge >= 0.3 is 0 Å². The summed E-state index contributed by atoms with van der Waals surface area (Å²) < 4.78 is 5.31. The maximum absolute atomic E-state index is 12.7. The second-order valence-corrected chi connectivity index (χ2v) is 7.78. The molecule has 3 N–H and O–H groups in total. The van der Waals surface area contributed by atoms with E-state index in [2.05, 4.69) is 20.6 Å². The van der Waals surface area contributed by atoms with Gasteiger partial charge in [0.25, 0.3) is 0 Å².